The average molecular weight is 388 g/mol. The zero-order chi connectivity index (χ0) is 18.6. The summed E-state index contributed by atoms with van der Waals surface area (Å²) in [5.41, 5.74) is 0.437. The first kappa shape index (κ1) is 19.0. The van der Waals surface area contributed by atoms with Gasteiger partial charge < -0.3 is 16.0 Å². The number of amides is 1. The van der Waals surface area contributed by atoms with Crippen molar-refractivity contribution in [3.8, 4) is 0 Å². The molecular formula is C16H13ClF3N3OS. The summed E-state index contributed by atoms with van der Waals surface area (Å²) in [6.45, 7) is 1.40. The van der Waals surface area contributed by atoms with Gasteiger partial charge in [0.15, 0.2) is 5.11 Å². The standard InChI is InChI=1S/C16H13ClF3N3OS/c1-9(24)21-10-2-4-11(5-3-10)22-15(25)23-12-6-7-14(17)13(8-12)16(18,19)20/h2-8H,1H3,(H,21,24)(H2,22,23,25). The van der Waals surface area contributed by atoms with Crippen molar-refractivity contribution in [2.45, 2.75) is 13.1 Å². The highest BCUT2D eigenvalue weighted by molar-refractivity contribution is 7.80. The fraction of sp³-hybridized carbons (Fsp3) is 0.125. The van der Waals surface area contributed by atoms with Crippen LogP contribution >= 0.6 is 23.8 Å². The highest BCUT2D eigenvalue weighted by Gasteiger charge is 2.33. The lowest BCUT2D eigenvalue weighted by Crippen LogP contribution is -2.19. The van der Waals surface area contributed by atoms with Crippen molar-refractivity contribution < 1.29 is 18.0 Å². The summed E-state index contributed by atoms with van der Waals surface area (Å²) in [5, 5.41) is 7.85. The molecule has 2 rings (SSSR count). The fourth-order valence-electron chi connectivity index (χ4n) is 1.95. The lowest BCUT2D eigenvalue weighted by Gasteiger charge is -2.14. The van der Waals surface area contributed by atoms with Crippen LogP contribution in [-0.2, 0) is 11.0 Å². The van der Waals surface area contributed by atoms with Crippen molar-refractivity contribution in [1.29, 1.82) is 0 Å². The average Bonchev–Trinajstić information content (AvgIpc) is 2.49. The summed E-state index contributed by atoms with van der Waals surface area (Å²) in [6.07, 6.45) is -4.55. The molecule has 0 saturated carbocycles. The van der Waals surface area contributed by atoms with Gasteiger partial charge in [-0.15, -0.1) is 0 Å². The Balaban J connectivity index is 2.04. The molecule has 0 saturated heterocycles. The second-order valence-electron chi connectivity index (χ2n) is 5.03. The molecule has 0 aliphatic rings. The van der Waals surface area contributed by atoms with Gasteiger partial charge in [0.05, 0.1) is 10.6 Å². The molecule has 0 heterocycles. The Morgan fingerprint density at radius 3 is 1.96 bits per heavy atom. The maximum Gasteiger partial charge on any atom is 0.417 e. The molecule has 4 nitrogen and oxygen atoms in total. The van der Waals surface area contributed by atoms with Gasteiger partial charge in [0.2, 0.25) is 5.91 Å². The molecule has 0 spiro atoms. The van der Waals surface area contributed by atoms with Crippen LogP contribution in [0.15, 0.2) is 42.5 Å². The highest BCUT2D eigenvalue weighted by Crippen LogP contribution is 2.36. The Morgan fingerprint density at radius 2 is 1.44 bits per heavy atom. The first-order valence-electron chi connectivity index (χ1n) is 6.97. The van der Waals surface area contributed by atoms with Crippen molar-refractivity contribution >= 4 is 51.9 Å². The number of thiocarbonyl (C=S) groups is 1. The summed E-state index contributed by atoms with van der Waals surface area (Å²) in [5.74, 6) is -0.193. The van der Waals surface area contributed by atoms with Crippen LogP contribution in [0.25, 0.3) is 0 Å². The summed E-state index contributed by atoms with van der Waals surface area (Å²) in [7, 11) is 0. The number of carbonyl (C=O) groups is 1. The van der Waals surface area contributed by atoms with Gasteiger partial charge in [0.1, 0.15) is 0 Å². The van der Waals surface area contributed by atoms with Gasteiger partial charge in [0, 0.05) is 24.0 Å². The first-order chi connectivity index (χ1) is 11.6. The van der Waals surface area contributed by atoms with Crippen LogP contribution in [0.1, 0.15) is 12.5 Å². The molecule has 0 bridgehead atoms. The minimum absolute atomic E-state index is 0.114. The maximum atomic E-state index is 12.9. The number of benzene rings is 2. The third-order valence-electron chi connectivity index (χ3n) is 2.99. The van der Waals surface area contributed by atoms with E-state index in [-0.39, 0.29) is 21.7 Å². The zero-order valence-electron chi connectivity index (χ0n) is 12.9. The minimum Gasteiger partial charge on any atom is -0.332 e. The minimum atomic E-state index is -4.55. The van der Waals surface area contributed by atoms with Gasteiger partial charge in [-0.1, -0.05) is 11.6 Å². The Kier molecular flexibility index (Phi) is 5.86. The van der Waals surface area contributed by atoms with E-state index in [1.807, 2.05) is 0 Å². The normalized spacial score (nSPS) is 10.9. The maximum absolute atomic E-state index is 12.9. The molecule has 0 radical (unpaired) electrons. The van der Waals surface area contributed by atoms with Crippen LogP contribution in [0, 0.1) is 0 Å². The molecule has 3 N–H and O–H groups in total. The zero-order valence-corrected chi connectivity index (χ0v) is 14.4. The van der Waals surface area contributed by atoms with Crippen molar-refractivity contribution in [3.05, 3.63) is 53.1 Å². The fourth-order valence-corrected chi connectivity index (χ4v) is 2.41. The second kappa shape index (κ2) is 7.71. The Labute approximate surface area is 152 Å². The molecule has 132 valence electrons. The molecule has 0 atom stereocenters. The summed E-state index contributed by atoms with van der Waals surface area (Å²) in [4.78, 5) is 11.0. The molecule has 0 aromatic heterocycles. The van der Waals surface area contributed by atoms with Crippen molar-refractivity contribution in [1.82, 2.24) is 0 Å². The quantitative estimate of drug-likeness (QED) is 0.639. The lowest BCUT2D eigenvalue weighted by molar-refractivity contribution is -0.137. The van der Waals surface area contributed by atoms with Crippen molar-refractivity contribution in [2.75, 3.05) is 16.0 Å². The number of alkyl halides is 3. The van der Waals surface area contributed by atoms with Crippen LogP contribution in [0.3, 0.4) is 0 Å². The van der Waals surface area contributed by atoms with Gasteiger partial charge in [0.25, 0.3) is 0 Å². The predicted molar refractivity (Wildman–Crippen MR) is 97.0 cm³/mol. The van der Waals surface area contributed by atoms with Crippen LogP contribution in [0.5, 0.6) is 0 Å². The predicted octanol–water partition coefficient (Wildman–Crippen LogP) is 5.13. The second-order valence-corrected chi connectivity index (χ2v) is 5.85. The third-order valence-corrected chi connectivity index (χ3v) is 3.53. The van der Waals surface area contributed by atoms with Crippen LogP contribution in [-0.4, -0.2) is 11.0 Å². The molecule has 0 aliphatic carbocycles. The van der Waals surface area contributed by atoms with Gasteiger partial charge in [-0.2, -0.15) is 13.2 Å². The monoisotopic (exact) mass is 387 g/mol. The molecule has 2 aromatic rings. The molecule has 25 heavy (non-hydrogen) atoms. The van der Waals surface area contributed by atoms with E-state index in [1.165, 1.54) is 13.0 Å². The number of halogens is 4. The first-order valence-corrected chi connectivity index (χ1v) is 7.76. The van der Waals surface area contributed by atoms with E-state index >= 15 is 0 Å². The molecule has 0 aliphatic heterocycles. The Bertz CT molecular complexity index is 794. The summed E-state index contributed by atoms with van der Waals surface area (Å²) >= 11 is 10.7. The number of carbonyl (C=O) groups excluding carboxylic acids is 1. The number of rotatable bonds is 3. The van der Waals surface area contributed by atoms with Gasteiger partial charge in [-0.05, 0) is 54.7 Å². The summed E-state index contributed by atoms with van der Waals surface area (Å²) < 4.78 is 38.6. The molecule has 0 unspecified atom stereocenters. The van der Waals surface area contributed by atoms with E-state index in [2.05, 4.69) is 16.0 Å². The SMILES string of the molecule is CC(=O)Nc1ccc(NC(=S)Nc2ccc(Cl)c(C(F)(F)F)c2)cc1. The highest BCUT2D eigenvalue weighted by atomic mass is 35.5. The molecular weight excluding hydrogens is 375 g/mol. The Morgan fingerprint density at radius 1 is 0.960 bits per heavy atom. The lowest BCUT2D eigenvalue weighted by atomic mass is 10.2. The third kappa shape index (κ3) is 5.61. The topological polar surface area (TPSA) is 53.2 Å². The van der Waals surface area contributed by atoms with E-state index in [4.69, 9.17) is 23.8 Å². The molecule has 1 amide bonds. The van der Waals surface area contributed by atoms with Crippen LogP contribution in [0.2, 0.25) is 5.02 Å². The van der Waals surface area contributed by atoms with Gasteiger partial charge >= 0.3 is 6.18 Å². The number of anilines is 3. The van der Waals surface area contributed by atoms with Crippen LogP contribution in [0.4, 0.5) is 30.2 Å². The Hall–Kier alpha value is -2.32. The van der Waals surface area contributed by atoms with Crippen molar-refractivity contribution in [2.24, 2.45) is 0 Å². The van der Waals surface area contributed by atoms with E-state index in [1.54, 1.807) is 24.3 Å². The van der Waals surface area contributed by atoms with Gasteiger partial charge in [-0.3, -0.25) is 4.79 Å². The van der Waals surface area contributed by atoms with Crippen LogP contribution < -0.4 is 16.0 Å². The largest absolute Gasteiger partial charge is 0.417 e. The van der Waals surface area contributed by atoms with Crippen molar-refractivity contribution in [3.63, 3.8) is 0 Å². The molecule has 9 heteroatoms. The summed E-state index contributed by atoms with van der Waals surface area (Å²) in [6, 6.07) is 10.1. The number of hydrogen-bond donors (Lipinski definition) is 3. The smallest absolute Gasteiger partial charge is 0.332 e. The van der Waals surface area contributed by atoms with Gasteiger partial charge in [-0.25, -0.2) is 0 Å². The van der Waals surface area contributed by atoms with E-state index in [0.29, 0.717) is 11.4 Å². The number of nitrogens with one attached hydrogen (secondary N) is 3. The molecule has 0 fully saturated rings. The van der Waals surface area contributed by atoms with E-state index in [0.717, 1.165) is 12.1 Å². The number of hydrogen-bond acceptors (Lipinski definition) is 2. The molecule has 2 aromatic carbocycles. The van der Waals surface area contributed by atoms with E-state index < -0.39 is 11.7 Å². The van der Waals surface area contributed by atoms with E-state index in [9.17, 15) is 18.0 Å².